The van der Waals surface area contributed by atoms with Crippen LogP contribution >= 0.6 is 0 Å². The number of aliphatic carboxylic acids is 1. The summed E-state index contributed by atoms with van der Waals surface area (Å²) >= 11 is 0. The average molecular weight is 245 g/mol. The normalized spacial score (nSPS) is 12.5. The first-order valence-electron chi connectivity index (χ1n) is 4.99. The maximum absolute atomic E-state index is 11.9. The van der Waals surface area contributed by atoms with Gasteiger partial charge in [0.05, 0.1) is 0 Å². The molecule has 1 aromatic rings. The Hall–Kier alpha value is -1.69. The first-order chi connectivity index (χ1) is 7.99. The van der Waals surface area contributed by atoms with Crippen LogP contribution in [0, 0.1) is 0 Å². The van der Waals surface area contributed by atoms with Crippen molar-refractivity contribution in [3.05, 3.63) is 29.8 Å². The number of hydrogen-bond donors (Lipinski definition) is 2. The molecule has 17 heavy (non-hydrogen) atoms. The van der Waals surface area contributed by atoms with E-state index in [1.165, 1.54) is 19.1 Å². The predicted octanol–water partition coefficient (Wildman–Crippen LogP) is 1.85. The summed E-state index contributed by atoms with van der Waals surface area (Å²) in [6.07, 6.45) is 0. The number of halogens is 2. The Balaban J connectivity index is 2.48. The van der Waals surface area contributed by atoms with Crippen molar-refractivity contribution in [3.63, 3.8) is 0 Å². The van der Waals surface area contributed by atoms with Gasteiger partial charge >= 0.3 is 12.6 Å². The van der Waals surface area contributed by atoms with Crippen LogP contribution in [-0.2, 0) is 11.3 Å². The molecule has 94 valence electrons. The van der Waals surface area contributed by atoms with Crippen LogP contribution in [-0.4, -0.2) is 23.7 Å². The van der Waals surface area contributed by atoms with Crippen LogP contribution in [0.1, 0.15) is 12.5 Å². The molecule has 1 aromatic carbocycles. The van der Waals surface area contributed by atoms with Gasteiger partial charge in [-0.15, -0.1) is 0 Å². The molecule has 1 unspecified atom stereocenters. The highest BCUT2D eigenvalue weighted by atomic mass is 19.3. The Morgan fingerprint density at radius 3 is 2.47 bits per heavy atom. The molecule has 1 atom stereocenters. The summed E-state index contributed by atoms with van der Waals surface area (Å²) in [6.45, 7) is -0.968. The van der Waals surface area contributed by atoms with Crippen LogP contribution in [0.5, 0.6) is 5.75 Å². The maximum Gasteiger partial charge on any atom is 0.387 e. The number of carboxylic acid groups (broad SMARTS) is 1. The minimum absolute atomic E-state index is 0.0787. The lowest BCUT2D eigenvalue weighted by molar-refractivity contribution is -0.139. The molecule has 6 heteroatoms. The van der Waals surface area contributed by atoms with E-state index in [-0.39, 0.29) is 5.75 Å². The van der Waals surface area contributed by atoms with Crippen molar-refractivity contribution in [2.24, 2.45) is 0 Å². The molecule has 0 heterocycles. The quantitative estimate of drug-likeness (QED) is 0.803. The van der Waals surface area contributed by atoms with Crippen LogP contribution in [0.2, 0.25) is 0 Å². The first kappa shape index (κ1) is 13.4. The molecule has 0 radical (unpaired) electrons. The van der Waals surface area contributed by atoms with E-state index in [1.807, 2.05) is 0 Å². The molecule has 4 nitrogen and oxygen atoms in total. The highest BCUT2D eigenvalue weighted by Gasteiger charge is 2.09. The van der Waals surface area contributed by atoms with Crippen molar-refractivity contribution in [3.8, 4) is 5.75 Å². The van der Waals surface area contributed by atoms with E-state index >= 15 is 0 Å². The molecule has 0 spiro atoms. The maximum atomic E-state index is 11.9. The molecule has 0 bridgehead atoms. The zero-order valence-corrected chi connectivity index (χ0v) is 9.19. The zero-order chi connectivity index (χ0) is 12.8. The fraction of sp³-hybridized carbons (Fsp3) is 0.364. The molecule has 0 amide bonds. The van der Waals surface area contributed by atoms with E-state index in [4.69, 9.17) is 5.11 Å². The van der Waals surface area contributed by atoms with Crippen molar-refractivity contribution in [2.75, 3.05) is 0 Å². The molecular weight excluding hydrogens is 232 g/mol. The van der Waals surface area contributed by atoms with E-state index in [9.17, 15) is 13.6 Å². The molecule has 0 fully saturated rings. The van der Waals surface area contributed by atoms with Crippen molar-refractivity contribution in [1.82, 2.24) is 5.32 Å². The van der Waals surface area contributed by atoms with E-state index in [1.54, 1.807) is 12.1 Å². The smallest absolute Gasteiger partial charge is 0.387 e. The number of alkyl halides is 2. The lowest BCUT2D eigenvalue weighted by Crippen LogP contribution is -2.33. The monoisotopic (exact) mass is 245 g/mol. The van der Waals surface area contributed by atoms with Gasteiger partial charge in [0.15, 0.2) is 0 Å². The topological polar surface area (TPSA) is 58.6 Å². The second-order valence-corrected chi connectivity index (χ2v) is 3.46. The fourth-order valence-electron chi connectivity index (χ4n) is 1.15. The van der Waals surface area contributed by atoms with Crippen LogP contribution < -0.4 is 10.1 Å². The molecule has 0 aliphatic heterocycles. The number of nitrogens with one attached hydrogen (secondary N) is 1. The lowest BCUT2D eigenvalue weighted by Gasteiger charge is -2.09. The number of benzene rings is 1. The summed E-state index contributed by atoms with van der Waals surface area (Å²) in [7, 11) is 0. The van der Waals surface area contributed by atoms with Gasteiger partial charge in [0.1, 0.15) is 11.8 Å². The van der Waals surface area contributed by atoms with Gasteiger partial charge in [0.25, 0.3) is 0 Å². The van der Waals surface area contributed by atoms with Gasteiger partial charge < -0.3 is 15.2 Å². The summed E-state index contributed by atoms with van der Waals surface area (Å²) in [4.78, 5) is 10.5. The number of ether oxygens (including phenoxy) is 1. The van der Waals surface area contributed by atoms with Crippen molar-refractivity contribution < 1.29 is 23.4 Å². The van der Waals surface area contributed by atoms with Crippen LogP contribution in [0.25, 0.3) is 0 Å². The van der Waals surface area contributed by atoms with Crippen LogP contribution in [0.3, 0.4) is 0 Å². The summed E-state index contributed by atoms with van der Waals surface area (Å²) in [6, 6.07) is 5.36. The summed E-state index contributed by atoms with van der Waals surface area (Å²) in [5, 5.41) is 11.4. The standard InChI is InChI=1S/C11H13F2NO3/c1-7(10(15)16)14-6-8-2-4-9(5-3-8)17-11(12)13/h2-5,7,11,14H,6H2,1H3,(H,15,16). The SMILES string of the molecule is CC(NCc1ccc(OC(F)F)cc1)C(=O)O. The number of rotatable bonds is 6. The third-order valence-electron chi connectivity index (χ3n) is 2.13. The second kappa shape index (κ2) is 6.15. The van der Waals surface area contributed by atoms with E-state index < -0.39 is 18.6 Å². The predicted molar refractivity (Wildman–Crippen MR) is 57.0 cm³/mol. The van der Waals surface area contributed by atoms with E-state index in [0.717, 1.165) is 5.56 Å². The Labute approximate surface area is 97.2 Å². The molecule has 0 aromatic heterocycles. The number of hydrogen-bond acceptors (Lipinski definition) is 3. The summed E-state index contributed by atoms with van der Waals surface area (Å²) in [5.74, 6) is -0.863. The van der Waals surface area contributed by atoms with Gasteiger partial charge in [-0.1, -0.05) is 12.1 Å². The second-order valence-electron chi connectivity index (χ2n) is 3.46. The van der Waals surface area contributed by atoms with Gasteiger partial charge in [-0.3, -0.25) is 4.79 Å². The van der Waals surface area contributed by atoms with Gasteiger partial charge in [-0.2, -0.15) is 8.78 Å². The van der Waals surface area contributed by atoms with Gasteiger partial charge in [-0.25, -0.2) is 0 Å². The minimum Gasteiger partial charge on any atom is -0.480 e. The summed E-state index contributed by atoms with van der Waals surface area (Å²) < 4.78 is 27.9. The molecule has 0 aliphatic rings. The van der Waals surface area contributed by atoms with Gasteiger partial charge in [0, 0.05) is 6.54 Å². The molecule has 0 saturated carbocycles. The fourth-order valence-corrected chi connectivity index (χ4v) is 1.15. The van der Waals surface area contributed by atoms with E-state index in [2.05, 4.69) is 10.1 Å². The summed E-state index contributed by atoms with van der Waals surface area (Å²) in [5.41, 5.74) is 0.791. The molecular formula is C11H13F2NO3. The highest BCUT2D eigenvalue weighted by Crippen LogP contribution is 2.14. The molecule has 0 aliphatic carbocycles. The zero-order valence-electron chi connectivity index (χ0n) is 9.19. The first-order valence-corrected chi connectivity index (χ1v) is 4.99. The Kier molecular flexibility index (Phi) is 4.84. The largest absolute Gasteiger partial charge is 0.480 e. The van der Waals surface area contributed by atoms with E-state index in [0.29, 0.717) is 6.54 Å². The van der Waals surface area contributed by atoms with Crippen LogP contribution in [0.15, 0.2) is 24.3 Å². The Morgan fingerprint density at radius 1 is 1.41 bits per heavy atom. The Bertz CT molecular complexity index is 367. The lowest BCUT2D eigenvalue weighted by atomic mass is 10.2. The number of carbonyl (C=O) groups is 1. The molecule has 2 N–H and O–H groups in total. The molecule has 0 saturated heterocycles. The van der Waals surface area contributed by atoms with Crippen molar-refractivity contribution in [1.29, 1.82) is 0 Å². The highest BCUT2D eigenvalue weighted by molar-refractivity contribution is 5.72. The van der Waals surface area contributed by atoms with Crippen molar-refractivity contribution >= 4 is 5.97 Å². The van der Waals surface area contributed by atoms with Crippen molar-refractivity contribution in [2.45, 2.75) is 26.1 Å². The third kappa shape index (κ3) is 4.78. The van der Waals surface area contributed by atoms with Gasteiger partial charge in [-0.05, 0) is 24.6 Å². The molecule has 1 rings (SSSR count). The minimum atomic E-state index is -2.84. The number of carboxylic acids is 1. The Morgan fingerprint density at radius 2 is 2.00 bits per heavy atom. The average Bonchev–Trinajstić information content (AvgIpc) is 2.26. The van der Waals surface area contributed by atoms with Crippen LogP contribution in [0.4, 0.5) is 8.78 Å². The van der Waals surface area contributed by atoms with Gasteiger partial charge in [0.2, 0.25) is 0 Å². The third-order valence-corrected chi connectivity index (χ3v) is 2.13.